The van der Waals surface area contributed by atoms with Crippen molar-refractivity contribution in [1.82, 2.24) is 10.2 Å². The topological polar surface area (TPSA) is 49.4 Å². The highest BCUT2D eigenvalue weighted by Crippen LogP contribution is 2.16. The van der Waals surface area contributed by atoms with Gasteiger partial charge in [-0.25, -0.2) is 4.39 Å². The number of hydrogen-bond donors (Lipinski definition) is 1. The van der Waals surface area contributed by atoms with Crippen LogP contribution in [0.15, 0.2) is 48.5 Å². The molecule has 0 bridgehead atoms. The van der Waals surface area contributed by atoms with Crippen molar-refractivity contribution >= 4 is 23.6 Å². The number of carbonyl (C=O) groups is 2. The normalized spacial score (nSPS) is 11.7. The van der Waals surface area contributed by atoms with Crippen LogP contribution in [0.2, 0.25) is 0 Å². The number of thioether (sulfide) groups is 1. The minimum Gasteiger partial charge on any atom is -0.355 e. The summed E-state index contributed by atoms with van der Waals surface area (Å²) in [7, 11) is 0. The number of aryl methyl sites for hydroxylation is 1. The van der Waals surface area contributed by atoms with E-state index in [0.29, 0.717) is 18.8 Å². The number of hydrogen-bond acceptors (Lipinski definition) is 3. The Balaban J connectivity index is 2.03. The van der Waals surface area contributed by atoms with E-state index in [1.54, 1.807) is 24.0 Å². The average molecular weight is 403 g/mol. The molecule has 0 saturated carbocycles. The molecule has 1 atom stereocenters. The van der Waals surface area contributed by atoms with Crippen LogP contribution in [0.25, 0.3) is 0 Å². The number of carbonyl (C=O) groups excluding carboxylic acids is 2. The summed E-state index contributed by atoms with van der Waals surface area (Å²) in [4.78, 5) is 26.8. The van der Waals surface area contributed by atoms with E-state index in [9.17, 15) is 14.0 Å². The summed E-state index contributed by atoms with van der Waals surface area (Å²) in [5.41, 5.74) is 3.09. The molecule has 4 nitrogen and oxygen atoms in total. The third kappa shape index (κ3) is 6.68. The third-order valence-corrected chi connectivity index (χ3v) is 5.39. The Morgan fingerprint density at radius 2 is 1.68 bits per heavy atom. The van der Waals surface area contributed by atoms with Gasteiger partial charge in [-0.1, -0.05) is 42.0 Å². The number of nitrogens with zero attached hydrogens (tertiary/aromatic N) is 1. The van der Waals surface area contributed by atoms with Gasteiger partial charge in [0.2, 0.25) is 11.8 Å². The first-order chi connectivity index (χ1) is 13.4. The van der Waals surface area contributed by atoms with Crippen LogP contribution in [0.5, 0.6) is 0 Å². The van der Waals surface area contributed by atoms with Crippen LogP contribution in [0.1, 0.15) is 30.5 Å². The molecule has 0 aromatic heterocycles. The zero-order valence-corrected chi connectivity index (χ0v) is 17.4. The summed E-state index contributed by atoms with van der Waals surface area (Å²) in [6.45, 7) is 6.52. The van der Waals surface area contributed by atoms with Gasteiger partial charge in [-0.2, -0.15) is 0 Å². The van der Waals surface area contributed by atoms with Gasteiger partial charge in [0.05, 0.1) is 5.75 Å². The van der Waals surface area contributed by atoms with Crippen molar-refractivity contribution in [2.75, 3.05) is 12.3 Å². The Morgan fingerprint density at radius 1 is 1.07 bits per heavy atom. The van der Waals surface area contributed by atoms with Gasteiger partial charge in [-0.3, -0.25) is 9.59 Å². The fourth-order valence-corrected chi connectivity index (χ4v) is 3.59. The second-order valence-corrected chi connectivity index (χ2v) is 7.68. The molecule has 6 heteroatoms. The highest BCUT2D eigenvalue weighted by atomic mass is 32.2. The molecule has 28 heavy (non-hydrogen) atoms. The molecule has 0 heterocycles. The van der Waals surface area contributed by atoms with E-state index in [2.05, 4.69) is 5.32 Å². The van der Waals surface area contributed by atoms with E-state index < -0.39 is 6.04 Å². The van der Waals surface area contributed by atoms with E-state index in [1.165, 1.54) is 23.9 Å². The molecular formula is C22H27FN2O2S. The summed E-state index contributed by atoms with van der Waals surface area (Å²) in [5.74, 6) is 0.343. The van der Waals surface area contributed by atoms with Gasteiger partial charge >= 0.3 is 0 Å². The lowest BCUT2D eigenvalue weighted by Gasteiger charge is -2.28. The Kier molecular flexibility index (Phi) is 8.51. The minimum absolute atomic E-state index is 0.0913. The number of rotatable bonds is 9. The van der Waals surface area contributed by atoms with Crippen molar-refractivity contribution in [2.45, 2.75) is 39.1 Å². The largest absolute Gasteiger partial charge is 0.355 e. The van der Waals surface area contributed by atoms with Gasteiger partial charge in [-0.15, -0.1) is 11.8 Å². The predicted molar refractivity (Wildman–Crippen MR) is 112 cm³/mol. The van der Waals surface area contributed by atoms with Crippen LogP contribution < -0.4 is 5.32 Å². The standard InChI is InChI=1S/C22H27FN2O2S/c1-4-24-22(27)17(3)25(13-18-7-5-16(2)6-8-18)21(26)15-28-14-19-9-11-20(23)12-10-19/h5-12,17H,4,13-15H2,1-3H3,(H,24,27)/t17-/m0/s1. The first-order valence-corrected chi connectivity index (χ1v) is 10.5. The van der Waals surface area contributed by atoms with E-state index in [4.69, 9.17) is 0 Å². The van der Waals surface area contributed by atoms with Crippen LogP contribution in [-0.4, -0.2) is 35.1 Å². The van der Waals surface area contributed by atoms with Crippen molar-refractivity contribution < 1.29 is 14.0 Å². The van der Waals surface area contributed by atoms with E-state index in [1.807, 2.05) is 38.1 Å². The van der Waals surface area contributed by atoms with Gasteiger partial charge in [0, 0.05) is 18.8 Å². The van der Waals surface area contributed by atoms with Crippen LogP contribution in [0, 0.1) is 12.7 Å². The van der Waals surface area contributed by atoms with Crippen molar-refractivity contribution in [3.63, 3.8) is 0 Å². The highest BCUT2D eigenvalue weighted by molar-refractivity contribution is 7.99. The molecule has 2 aromatic carbocycles. The van der Waals surface area contributed by atoms with Crippen molar-refractivity contribution in [3.05, 3.63) is 71.0 Å². The summed E-state index contributed by atoms with van der Waals surface area (Å²) in [6.07, 6.45) is 0. The number of nitrogens with one attached hydrogen (secondary N) is 1. The van der Waals surface area contributed by atoms with Crippen LogP contribution in [0.4, 0.5) is 4.39 Å². The molecule has 1 N–H and O–H groups in total. The van der Waals surface area contributed by atoms with Gasteiger partial charge < -0.3 is 10.2 Å². The Morgan fingerprint density at radius 3 is 2.29 bits per heavy atom. The zero-order valence-electron chi connectivity index (χ0n) is 16.6. The van der Waals surface area contributed by atoms with E-state index >= 15 is 0 Å². The van der Waals surface area contributed by atoms with Crippen molar-refractivity contribution in [3.8, 4) is 0 Å². The molecule has 2 rings (SSSR count). The molecule has 0 spiro atoms. The smallest absolute Gasteiger partial charge is 0.242 e. The lowest BCUT2D eigenvalue weighted by Crippen LogP contribution is -2.48. The monoisotopic (exact) mass is 402 g/mol. The molecule has 0 aliphatic heterocycles. The number of amides is 2. The number of halogens is 1. The molecule has 0 saturated heterocycles. The van der Waals surface area contributed by atoms with E-state index in [0.717, 1.165) is 16.7 Å². The molecule has 2 amide bonds. The first kappa shape index (κ1) is 22.0. The van der Waals surface area contributed by atoms with Crippen LogP contribution in [-0.2, 0) is 21.9 Å². The fraction of sp³-hybridized carbons (Fsp3) is 0.364. The molecule has 0 unspecified atom stereocenters. The van der Waals surface area contributed by atoms with Crippen LogP contribution >= 0.6 is 11.8 Å². The summed E-state index contributed by atoms with van der Waals surface area (Å²) >= 11 is 1.46. The van der Waals surface area contributed by atoms with Gasteiger partial charge in [0.25, 0.3) is 0 Å². The lowest BCUT2D eigenvalue weighted by molar-refractivity contribution is -0.138. The number of benzene rings is 2. The third-order valence-electron chi connectivity index (χ3n) is 4.40. The molecular weight excluding hydrogens is 375 g/mol. The van der Waals surface area contributed by atoms with Crippen molar-refractivity contribution in [2.24, 2.45) is 0 Å². The van der Waals surface area contributed by atoms with Crippen LogP contribution in [0.3, 0.4) is 0 Å². The quantitative estimate of drug-likeness (QED) is 0.692. The van der Waals surface area contributed by atoms with Gasteiger partial charge in [-0.05, 0) is 44.0 Å². The molecule has 150 valence electrons. The Hall–Kier alpha value is -2.34. The second-order valence-electron chi connectivity index (χ2n) is 6.70. The first-order valence-electron chi connectivity index (χ1n) is 9.35. The average Bonchev–Trinajstić information content (AvgIpc) is 2.68. The van der Waals surface area contributed by atoms with E-state index in [-0.39, 0.29) is 23.4 Å². The zero-order chi connectivity index (χ0) is 20.5. The Labute approximate surface area is 170 Å². The van der Waals surface area contributed by atoms with Gasteiger partial charge in [0.1, 0.15) is 11.9 Å². The second kappa shape index (κ2) is 10.9. The fourth-order valence-electron chi connectivity index (χ4n) is 2.71. The molecule has 0 fully saturated rings. The summed E-state index contributed by atoms with van der Waals surface area (Å²) in [6, 6.07) is 13.7. The summed E-state index contributed by atoms with van der Waals surface area (Å²) in [5, 5.41) is 2.79. The lowest BCUT2D eigenvalue weighted by atomic mass is 10.1. The maximum Gasteiger partial charge on any atom is 0.242 e. The van der Waals surface area contributed by atoms with Crippen molar-refractivity contribution in [1.29, 1.82) is 0 Å². The maximum atomic E-state index is 13.0. The molecule has 0 radical (unpaired) electrons. The highest BCUT2D eigenvalue weighted by Gasteiger charge is 2.25. The molecule has 0 aliphatic rings. The predicted octanol–water partition coefficient (Wildman–Crippen LogP) is 3.92. The maximum absolute atomic E-state index is 13.0. The summed E-state index contributed by atoms with van der Waals surface area (Å²) < 4.78 is 13.0. The number of likely N-dealkylation sites (N-methyl/N-ethyl adjacent to an activating group) is 1. The minimum atomic E-state index is -0.555. The molecule has 0 aliphatic carbocycles. The Bertz CT molecular complexity index is 778. The SMILES string of the molecule is CCNC(=O)[C@H](C)N(Cc1ccc(C)cc1)C(=O)CSCc1ccc(F)cc1. The van der Waals surface area contributed by atoms with Gasteiger partial charge in [0.15, 0.2) is 0 Å². The molecule has 2 aromatic rings.